The lowest BCUT2D eigenvalue weighted by atomic mass is 10.0. The molecule has 1 aromatic rings. The first-order valence-electron chi connectivity index (χ1n) is 13.8. The van der Waals surface area contributed by atoms with E-state index in [4.69, 9.17) is 9.47 Å². The van der Waals surface area contributed by atoms with Crippen LogP contribution in [-0.4, -0.2) is 43.6 Å². The van der Waals surface area contributed by atoms with Crippen LogP contribution in [0.3, 0.4) is 0 Å². The van der Waals surface area contributed by atoms with E-state index in [0.29, 0.717) is 31.1 Å². The van der Waals surface area contributed by atoms with E-state index in [1.807, 2.05) is 13.8 Å². The Balaban J connectivity index is 1.96. The first-order valence-corrected chi connectivity index (χ1v) is 13.8. The molecule has 0 heterocycles. The monoisotopic (exact) mass is 534 g/mol. The Hall–Kier alpha value is -3.10. The number of methoxy groups -OCH3 is 1. The van der Waals surface area contributed by atoms with E-state index in [9.17, 15) is 19.2 Å². The minimum atomic E-state index is -0.787. The number of rotatable bonds is 19. The van der Waals surface area contributed by atoms with Gasteiger partial charge >= 0.3 is 12.2 Å². The molecule has 214 valence electrons. The van der Waals surface area contributed by atoms with E-state index in [0.717, 1.165) is 56.9 Å². The average Bonchev–Trinajstić information content (AvgIpc) is 2.88. The number of hydrogen-bond acceptors (Lipinski definition) is 7. The van der Waals surface area contributed by atoms with Crippen molar-refractivity contribution in [3.8, 4) is 5.75 Å². The number of carbonyl (C=O) groups excluding carboxylic acids is 4. The van der Waals surface area contributed by atoms with Crippen LogP contribution in [-0.2, 0) is 25.7 Å². The fourth-order valence-electron chi connectivity index (χ4n) is 3.89. The second kappa shape index (κ2) is 19.9. The Morgan fingerprint density at radius 1 is 0.842 bits per heavy atom. The zero-order valence-corrected chi connectivity index (χ0v) is 23.5. The summed E-state index contributed by atoms with van der Waals surface area (Å²) in [5.74, 6) is 0.725. The van der Waals surface area contributed by atoms with Crippen molar-refractivity contribution in [1.82, 2.24) is 10.6 Å². The molecule has 0 aromatic heterocycles. The zero-order chi connectivity index (χ0) is 28.2. The quantitative estimate of drug-likeness (QED) is 0.125. The molecule has 0 spiro atoms. The van der Waals surface area contributed by atoms with Crippen molar-refractivity contribution < 1.29 is 33.4 Å². The highest BCUT2D eigenvalue weighted by molar-refractivity contribution is 5.87. The van der Waals surface area contributed by atoms with Crippen molar-refractivity contribution in [1.29, 1.82) is 0 Å². The molecular formula is C29H46N2O7. The number of hydrogen-bond donors (Lipinski definition) is 2. The van der Waals surface area contributed by atoms with Crippen LogP contribution in [0.4, 0.5) is 9.59 Å². The van der Waals surface area contributed by atoms with Crippen LogP contribution < -0.4 is 15.4 Å². The summed E-state index contributed by atoms with van der Waals surface area (Å²) < 4.78 is 14.5. The zero-order valence-electron chi connectivity index (χ0n) is 23.5. The highest BCUT2D eigenvalue weighted by Crippen LogP contribution is 2.14. The van der Waals surface area contributed by atoms with Crippen LogP contribution >= 0.6 is 0 Å². The van der Waals surface area contributed by atoms with E-state index < -0.39 is 12.2 Å². The van der Waals surface area contributed by atoms with E-state index in [2.05, 4.69) is 15.4 Å². The number of unbranched alkanes of at least 4 members (excludes halogenated alkanes) is 8. The van der Waals surface area contributed by atoms with Gasteiger partial charge in [0.05, 0.1) is 13.2 Å². The van der Waals surface area contributed by atoms with Gasteiger partial charge in [-0.3, -0.25) is 9.59 Å². The molecule has 0 saturated carbocycles. The van der Waals surface area contributed by atoms with Crippen LogP contribution in [0.2, 0.25) is 0 Å². The Labute approximate surface area is 227 Å². The molecule has 1 atom stereocenters. The fraction of sp³-hybridized carbons (Fsp3) is 0.655. The Morgan fingerprint density at radius 3 is 1.97 bits per heavy atom. The van der Waals surface area contributed by atoms with E-state index >= 15 is 0 Å². The lowest BCUT2D eigenvalue weighted by molar-refractivity contribution is -0.127. The molecule has 2 N–H and O–H groups in total. The van der Waals surface area contributed by atoms with Crippen molar-refractivity contribution in [3.05, 3.63) is 29.8 Å². The Bertz CT molecular complexity index is 840. The second-order valence-corrected chi connectivity index (χ2v) is 10.00. The summed E-state index contributed by atoms with van der Waals surface area (Å²) >= 11 is 0. The lowest BCUT2D eigenvalue weighted by Gasteiger charge is -2.17. The minimum absolute atomic E-state index is 0.0236. The molecule has 1 unspecified atom stereocenters. The fourth-order valence-corrected chi connectivity index (χ4v) is 3.89. The SMILES string of the molecule is COC(=O)Oc1ccc(COC(=O)NCCCCCCCCCCCC(=O)NC(CC(C)C)C(C)=O)cc1. The molecule has 1 rings (SSSR count). The van der Waals surface area contributed by atoms with Crippen LogP contribution in [0.15, 0.2) is 24.3 Å². The Kier molecular flexibility index (Phi) is 17.3. The third-order valence-corrected chi connectivity index (χ3v) is 6.04. The normalized spacial score (nSPS) is 11.5. The summed E-state index contributed by atoms with van der Waals surface area (Å²) in [5, 5.41) is 5.63. The van der Waals surface area contributed by atoms with Crippen molar-refractivity contribution in [2.75, 3.05) is 13.7 Å². The van der Waals surface area contributed by atoms with Gasteiger partial charge in [0, 0.05) is 13.0 Å². The number of benzene rings is 1. The summed E-state index contributed by atoms with van der Waals surface area (Å²) in [6, 6.07) is 6.27. The van der Waals surface area contributed by atoms with Gasteiger partial charge in [-0.05, 0) is 49.8 Å². The molecule has 0 bridgehead atoms. The number of nitrogens with one attached hydrogen (secondary N) is 2. The van der Waals surface area contributed by atoms with Gasteiger partial charge < -0.3 is 24.8 Å². The first-order chi connectivity index (χ1) is 18.2. The molecular weight excluding hydrogens is 488 g/mol. The highest BCUT2D eigenvalue weighted by Gasteiger charge is 2.17. The summed E-state index contributed by atoms with van der Waals surface area (Å²) in [6.07, 6.45) is 9.50. The van der Waals surface area contributed by atoms with E-state index in [-0.39, 0.29) is 24.3 Å². The minimum Gasteiger partial charge on any atom is -0.445 e. The van der Waals surface area contributed by atoms with Crippen LogP contribution in [0.5, 0.6) is 5.75 Å². The van der Waals surface area contributed by atoms with Crippen molar-refractivity contribution >= 4 is 23.9 Å². The first kappa shape index (κ1) is 32.9. The van der Waals surface area contributed by atoms with Crippen LogP contribution in [0.1, 0.15) is 97.0 Å². The highest BCUT2D eigenvalue weighted by atomic mass is 16.7. The van der Waals surface area contributed by atoms with E-state index in [1.54, 1.807) is 24.3 Å². The Morgan fingerprint density at radius 2 is 1.42 bits per heavy atom. The molecule has 0 fully saturated rings. The largest absolute Gasteiger partial charge is 0.513 e. The molecule has 9 nitrogen and oxygen atoms in total. The standard InChI is InChI=1S/C29H46N2O7/c1-22(2)20-26(23(3)32)31-27(33)14-12-10-8-6-5-7-9-11-13-19-30-28(34)37-21-24-15-17-25(18-16-24)38-29(35)36-4/h15-18,22,26H,5-14,19-21H2,1-4H3,(H,30,34)(H,31,33). The summed E-state index contributed by atoms with van der Waals surface area (Å²) in [4.78, 5) is 46.6. The van der Waals surface area contributed by atoms with Gasteiger partial charge in [0.15, 0.2) is 5.78 Å². The van der Waals surface area contributed by atoms with Gasteiger partial charge in [0.25, 0.3) is 0 Å². The predicted molar refractivity (Wildman–Crippen MR) is 146 cm³/mol. The van der Waals surface area contributed by atoms with E-state index in [1.165, 1.54) is 20.5 Å². The van der Waals surface area contributed by atoms with Gasteiger partial charge in [-0.2, -0.15) is 0 Å². The lowest BCUT2D eigenvalue weighted by Crippen LogP contribution is -2.40. The number of Topliss-reactive ketones (excluding diaryl/α,β-unsaturated/α-hetero) is 1. The summed E-state index contributed by atoms with van der Waals surface area (Å²) in [5.41, 5.74) is 0.781. The molecule has 0 aliphatic heterocycles. The molecule has 0 saturated heterocycles. The van der Waals surface area contributed by atoms with Crippen molar-refractivity contribution in [2.24, 2.45) is 5.92 Å². The topological polar surface area (TPSA) is 120 Å². The van der Waals surface area contributed by atoms with Gasteiger partial charge in [-0.1, -0.05) is 70.9 Å². The van der Waals surface area contributed by atoms with Crippen molar-refractivity contribution in [2.45, 2.75) is 104 Å². The average molecular weight is 535 g/mol. The second-order valence-electron chi connectivity index (χ2n) is 10.00. The number of alkyl carbamates (subject to hydrolysis) is 1. The molecule has 38 heavy (non-hydrogen) atoms. The maximum atomic E-state index is 12.1. The number of ketones is 1. The molecule has 0 aliphatic carbocycles. The van der Waals surface area contributed by atoms with Gasteiger partial charge in [-0.25, -0.2) is 9.59 Å². The number of ether oxygens (including phenoxy) is 3. The van der Waals surface area contributed by atoms with Gasteiger partial charge in [0.1, 0.15) is 12.4 Å². The number of carbonyl (C=O) groups is 4. The third-order valence-electron chi connectivity index (χ3n) is 6.04. The summed E-state index contributed by atoms with van der Waals surface area (Å²) in [6.45, 7) is 6.34. The molecule has 2 amide bonds. The maximum absolute atomic E-state index is 12.1. The van der Waals surface area contributed by atoms with Crippen LogP contribution in [0.25, 0.3) is 0 Å². The van der Waals surface area contributed by atoms with Crippen LogP contribution in [0, 0.1) is 5.92 Å². The van der Waals surface area contributed by atoms with Crippen molar-refractivity contribution in [3.63, 3.8) is 0 Å². The van der Waals surface area contributed by atoms with Gasteiger partial charge in [0.2, 0.25) is 5.91 Å². The van der Waals surface area contributed by atoms with Gasteiger partial charge in [-0.15, -0.1) is 0 Å². The predicted octanol–water partition coefficient (Wildman–Crippen LogP) is 6.08. The molecule has 0 aliphatic rings. The smallest absolute Gasteiger partial charge is 0.445 e. The number of amides is 2. The third kappa shape index (κ3) is 16.6. The molecule has 0 radical (unpaired) electrons. The molecule has 1 aromatic carbocycles. The summed E-state index contributed by atoms with van der Waals surface area (Å²) in [7, 11) is 1.24. The maximum Gasteiger partial charge on any atom is 0.513 e. The molecule has 9 heteroatoms.